The van der Waals surface area contributed by atoms with Crippen LogP contribution in [0, 0.1) is 6.92 Å². The summed E-state index contributed by atoms with van der Waals surface area (Å²) in [5.74, 6) is 0. The minimum absolute atomic E-state index is 0.0457. The third-order valence-electron chi connectivity index (χ3n) is 5.22. The molecule has 0 aliphatic carbocycles. The molecule has 2 aliphatic rings. The maximum Gasteiger partial charge on any atom is 0.317 e. The molecule has 1 atom stereocenters. The Morgan fingerprint density at radius 2 is 2.15 bits per heavy atom. The van der Waals surface area contributed by atoms with Gasteiger partial charge in [-0.2, -0.15) is 0 Å². The number of aryl methyl sites for hydroxylation is 1. The third-order valence-corrected chi connectivity index (χ3v) is 5.22. The molecule has 27 heavy (non-hydrogen) atoms. The molecule has 2 aliphatic heterocycles. The van der Waals surface area contributed by atoms with Crippen LogP contribution in [0.5, 0.6) is 0 Å². The lowest BCUT2D eigenvalue weighted by Gasteiger charge is -2.34. The maximum absolute atomic E-state index is 12.3. The van der Waals surface area contributed by atoms with E-state index in [0.717, 1.165) is 58.6 Å². The molecule has 0 aromatic heterocycles. The molecular formula is C21H33N3O3. The summed E-state index contributed by atoms with van der Waals surface area (Å²) in [6, 6.07) is 8.69. The van der Waals surface area contributed by atoms with E-state index < -0.39 is 0 Å². The normalized spacial score (nSPS) is 20.8. The predicted octanol–water partition coefficient (Wildman–Crippen LogP) is 2.41. The molecule has 1 N–H and O–H groups in total. The van der Waals surface area contributed by atoms with E-state index in [4.69, 9.17) is 9.47 Å². The van der Waals surface area contributed by atoms with Gasteiger partial charge < -0.3 is 19.7 Å². The van der Waals surface area contributed by atoms with Crippen LogP contribution in [0.25, 0.3) is 0 Å². The van der Waals surface area contributed by atoms with Crippen molar-refractivity contribution in [3.63, 3.8) is 0 Å². The zero-order valence-corrected chi connectivity index (χ0v) is 16.5. The van der Waals surface area contributed by atoms with Gasteiger partial charge in [0.15, 0.2) is 0 Å². The van der Waals surface area contributed by atoms with Gasteiger partial charge in [0.2, 0.25) is 0 Å². The van der Waals surface area contributed by atoms with E-state index in [9.17, 15) is 4.79 Å². The molecule has 6 heteroatoms. The second-order valence-electron chi connectivity index (χ2n) is 7.55. The quantitative estimate of drug-likeness (QED) is 0.709. The van der Waals surface area contributed by atoms with Crippen molar-refractivity contribution in [2.75, 3.05) is 52.5 Å². The molecule has 150 valence electrons. The Morgan fingerprint density at radius 1 is 1.30 bits per heavy atom. The first-order valence-electron chi connectivity index (χ1n) is 10.2. The molecule has 2 heterocycles. The average molecular weight is 376 g/mol. The highest BCUT2D eigenvalue weighted by atomic mass is 16.5. The standard InChI is InChI=1S/C21H33N3O3/c1-18-5-2-6-19(15-18)16-23-9-11-24(12-10-23)21(25)22-8-4-13-26-17-20-7-3-14-27-20/h2,5-6,15,20H,3-4,7-14,16-17H2,1H3,(H,22,25). The molecule has 1 unspecified atom stereocenters. The summed E-state index contributed by atoms with van der Waals surface area (Å²) < 4.78 is 11.2. The first kappa shape index (κ1) is 20.1. The van der Waals surface area contributed by atoms with Gasteiger partial charge in [0.1, 0.15) is 0 Å². The smallest absolute Gasteiger partial charge is 0.317 e. The monoisotopic (exact) mass is 375 g/mol. The fourth-order valence-corrected chi connectivity index (χ4v) is 3.65. The molecule has 0 bridgehead atoms. The van der Waals surface area contributed by atoms with Crippen molar-refractivity contribution in [3.8, 4) is 0 Å². The Bertz CT molecular complexity index is 582. The van der Waals surface area contributed by atoms with Crippen LogP contribution < -0.4 is 5.32 Å². The molecule has 2 fully saturated rings. The zero-order chi connectivity index (χ0) is 18.9. The Hall–Kier alpha value is -1.63. The van der Waals surface area contributed by atoms with E-state index in [2.05, 4.69) is 41.4 Å². The van der Waals surface area contributed by atoms with Crippen LogP contribution >= 0.6 is 0 Å². The van der Waals surface area contributed by atoms with Gasteiger partial charge >= 0.3 is 6.03 Å². The van der Waals surface area contributed by atoms with E-state index in [1.54, 1.807) is 0 Å². The van der Waals surface area contributed by atoms with Crippen molar-refractivity contribution in [1.29, 1.82) is 0 Å². The maximum atomic E-state index is 12.3. The molecule has 0 saturated carbocycles. The predicted molar refractivity (Wildman–Crippen MR) is 106 cm³/mol. The van der Waals surface area contributed by atoms with E-state index in [0.29, 0.717) is 19.8 Å². The lowest BCUT2D eigenvalue weighted by molar-refractivity contribution is 0.0167. The SMILES string of the molecule is Cc1cccc(CN2CCN(C(=O)NCCCOCC3CCCO3)CC2)c1. The number of rotatable bonds is 8. The second kappa shape index (κ2) is 10.6. The fourth-order valence-electron chi connectivity index (χ4n) is 3.65. The van der Waals surface area contributed by atoms with Crippen molar-refractivity contribution in [2.24, 2.45) is 0 Å². The van der Waals surface area contributed by atoms with E-state index >= 15 is 0 Å². The third kappa shape index (κ3) is 6.79. The number of urea groups is 1. The van der Waals surface area contributed by atoms with Gasteiger partial charge in [-0.05, 0) is 31.7 Å². The number of hydrogen-bond acceptors (Lipinski definition) is 4. The van der Waals surface area contributed by atoms with Crippen LogP contribution in [0.3, 0.4) is 0 Å². The van der Waals surface area contributed by atoms with Crippen LogP contribution in [0.2, 0.25) is 0 Å². The summed E-state index contributed by atoms with van der Waals surface area (Å²) in [6.07, 6.45) is 3.36. The molecule has 1 aromatic carbocycles. The Morgan fingerprint density at radius 3 is 2.89 bits per heavy atom. The Balaban J connectivity index is 1.25. The number of nitrogens with zero attached hydrogens (tertiary/aromatic N) is 2. The van der Waals surface area contributed by atoms with Crippen molar-refractivity contribution >= 4 is 6.03 Å². The largest absolute Gasteiger partial charge is 0.379 e. The number of nitrogens with one attached hydrogen (secondary N) is 1. The van der Waals surface area contributed by atoms with Gasteiger partial charge in [-0.1, -0.05) is 29.8 Å². The van der Waals surface area contributed by atoms with Gasteiger partial charge in [0.25, 0.3) is 0 Å². The van der Waals surface area contributed by atoms with E-state index in [1.807, 2.05) is 4.90 Å². The number of carbonyl (C=O) groups excluding carboxylic acids is 1. The molecule has 0 spiro atoms. The summed E-state index contributed by atoms with van der Waals surface area (Å²) in [7, 11) is 0. The molecule has 2 amide bonds. The van der Waals surface area contributed by atoms with E-state index in [1.165, 1.54) is 11.1 Å². The van der Waals surface area contributed by atoms with Crippen molar-refractivity contribution in [1.82, 2.24) is 15.1 Å². The summed E-state index contributed by atoms with van der Waals surface area (Å²) in [5.41, 5.74) is 2.64. The van der Waals surface area contributed by atoms with Crippen LogP contribution in [0.1, 0.15) is 30.4 Å². The Labute approximate surface area is 162 Å². The Kier molecular flexibility index (Phi) is 7.93. The van der Waals surface area contributed by atoms with Crippen molar-refractivity contribution in [2.45, 2.75) is 38.8 Å². The zero-order valence-electron chi connectivity index (χ0n) is 16.5. The first-order chi connectivity index (χ1) is 13.2. The topological polar surface area (TPSA) is 54.0 Å². The van der Waals surface area contributed by atoms with Gasteiger partial charge in [-0.3, -0.25) is 4.90 Å². The number of piperazine rings is 1. The van der Waals surface area contributed by atoms with E-state index in [-0.39, 0.29) is 12.1 Å². The highest BCUT2D eigenvalue weighted by Crippen LogP contribution is 2.12. The minimum Gasteiger partial charge on any atom is -0.379 e. The lowest BCUT2D eigenvalue weighted by Crippen LogP contribution is -2.51. The highest BCUT2D eigenvalue weighted by molar-refractivity contribution is 5.74. The van der Waals surface area contributed by atoms with Gasteiger partial charge in [-0.15, -0.1) is 0 Å². The molecule has 0 radical (unpaired) electrons. The molecule has 6 nitrogen and oxygen atoms in total. The van der Waals surface area contributed by atoms with Crippen LogP contribution in [-0.2, 0) is 16.0 Å². The molecule has 1 aromatic rings. The van der Waals surface area contributed by atoms with Crippen LogP contribution in [-0.4, -0.2) is 74.5 Å². The number of carbonyl (C=O) groups is 1. The van der Waals surface area contributed by atoms with Crippen LogP contribution in [0.4, 0.5) is 4.79 Å². The van der Waals surface area contributed by atoms with Crippen molar-refractivity contribution in [3.05, 3.63) is 35.4 Å². The summed E-state index contributed by atoms with van der Waals surface area (Å²) >= 11 is 0. The summed E-state index contributed by atoms with van der Waals surface area (Å²) in [5, 5.41) is 3.01. The summed E-state index contributed by atoms with van der Waals surface area (Å²) in [4.78, 5) is 16.6. The minimum atomic E-state index is 0.0457. The summed E-state index contributed by atoms with van der Waals surface area (Å²) in [6.45, 7) is 9.37. The lowest BCUT2D eigenvalue weighted by atomic mass is 10.1. The molecule has 3 rings (SSSR count). The first-order valence-corrected chi connectivity index (χ1v) is 10.2. The molecular weight excluding hydrogens is 342 g/mol. The number of amides is 2. The van der Waals surface area contributed by atoms with Crippen LogP contribution in [0.15, 0.2) is 24.3 Å². The van der Waals surface area contributed by atoms with Crippen molar-refractivity contribution < 1.29 is 14.3 Å². The molecule has 2 saturated heterocycles. The fraction of sp³-hybridized carbons (Fsp3) is 0.667. The number of benzene rings is 1. The average Bonchev–Trinajstić information content (AvgIpc) is 3.18. The highest BCUT2D eigenvalue weighted by Gasteiger charge is 2.21. The van der Waals surface area contributed by atoms with Gasteiger partial charge in [-0.25, -0.2) is 4.79 Å². The van der Waals surface area contributed by atoms with Gasteiger partial charge in [0, 0.05) is 52.5 Å². The number of ether oxygens (including phenoxy) is 2. The number of hydrogen-bond donors (Lipinski definition) is 1. The second-order valence-corrected chi connectivity index (χ2v) is 7.55. The van der Waals surface area contributed by atoms with Gasteiger partial charge in [0.05, 0.1) is 12.7 Å².